The van der Waals surface area contributed by atoms with Crippen molar-refractivity contribution < 1.29 is 24.6 Å². The maximum Gasteiger partial charge on any atom is 0.311 e. The highest BCUT2D eigenvalue weighted by Crippen LogP contribution is 2.24. The zero-order valence-corrected chi connectivity index (χ0v) is 19.0. The summed E-state index contributed by atoms with van der Waals surface area (Å²) in [6.07, 6.45) is 3.70. The fourth-order valence-electron chi connectivity index (χ4n) is 3.57. The predicted molar refractivity (Wildman–Crippen MR) is 115 cm³/mol. The van der Waals surface area contributed by atoms with Crippen molar-refractivity contribution in [2.24, 2.45) is 22.9 Å². The minimum absolute atomic E-state index is 0.0517. The van der Waals surface area contributed by atoms with Crippen molar-refractivity contribution in [1.29, 1.82) is 0 Å². The van der Waals surface area contributed by atoms with Crippen LogP contribution in [0, 0.1) is 17.8 Å². The molecule has 6 heteroatoms. The fraction of sp³-hybridized carbons (Fsp3) is 0.739. The van der Waals surface area contributed by atoms with Gasteiger partial charge < -0.3 is 19.8 Å². The van der Waals surface area contributed by atoms with Gasteiger partial charge in [-0.25, -0.2) is 0 Å². The third-order valence-corrected chi connectivity index (χ3v) is 5.42. The number of esters is 1. The van der Waals surface area contributed by atoms with Crippen molar-refractivity contribution >= 4 is 11.7 Å². The molecule has 0 amide bonds. The number of ether oxygens (including phenoxy) is 1. The van der Waals surface area contributed by atoms with E-state index in [9.17, 15) is 15.0 Å². The average molecular weight is 410 g/mol. The summed E-state index contributed by atoms with van der Waals surface area (Å²) in [4.78, 5) is 18.0. The average Bonchev–Trinajstić information content (AvgIpc) is 2.68. The molecule has 0 saturated heterocycles. The Bertz CT molecular complexity index is 625. The van der Waals surface area contributed by atoms with E-state index in [2.05, 4.69) is 5.16 Å². The summed E-state index contributed by atoms with van der Waals surface area (Å²) in [5.41, 5.74) is 2.19. The number of carbonyl (C=O) groups is 1. The largest absolute Gasteiger partial charge is 0.461 e. The molecule has 0 aromatic carbocycles. The Kier molecular flexibility index (Phi) is 10.6. The molecule has 0 aromatic rings. The molecule has 0 fully saturated rings. The number of cyclic esters (lactones) is 1. The van der Waals surface area contributed by atoms with Crippen molar-refractivity contribution in [2.75, 3.05) is 6.61 Å². The summed E-state index contributed by atoms with van der Waals surface area (Å²) in [5.74, 6) is -1.37. The molecule has 1 heterocycles. The topological polar surface area (TPSA) is 88.4 Å². The number of hydrogen-bond acceptors (Lipinski definition) is 6. The van der Waals surface area contributed by atoms with Crippen LogP contribution in [0.25, 0.3) is 0 Å². The quantitative estimate of drug-likeness (QED) is 0.317. The molecule has 1 aliphatic rings. The van der Waals surface area contributed by atoms with Crippen LogP contribution in [0.1, 0.15) is 67.7 Å². The number of nitrogens with zero attached hydrogens (tertiary/aromatic N) is 1. The van der Waals surface area contributed by atoms with E-state index in [1.54, 1.807) is 6.92 Å². The van der Waals surface area contributed by atoms with Gasteiger partial charge in [-0.2, -0.15) is 0 Å². The van der Waals surface area contributed by atoms with E-state index in [-0.39, 0.29) is 17.9 Å². The number of carbonyl (C=O) groups excluding carboxylic acids is 1. The lowest BCUT2D eigenvalue weighted by Crippen LogP contribution is -2.37. The highest BCUT2D eigenvalue weighted by atomic mass is 16.6. The highest BCUT2D eigenvalue weighted by molar-refractivity contribution is 5.93. The van der Waals surface area contributed by atoms with E-state index in [0.717, 1.165) is 17.6 Å². The molecule has 0 bridgehead atoms. The summed E-state index contributed by atoms with van der Waals surface area (Å²) in [5, 5.41) is 25.6. The smallest absolute Gasteiger partial charge is 0.311 e. The predicted octanol–water partition coefficient (Wildman–Crippen LogP) is 4.02. The second-order valence-corrected chi connectivity index (χ2v) is 8.30. The second-order valence-electron chi connectivity index (χ2n) is 8.30. The molecule has 1 rings (SSSR count). The van der Waals surface area contributed by atoms with Gasteiger partial charge in [0.05, 0.1) is 17.7 Å². The van der Waals surface area contributed by atoms with Gasteiger partial charge in [0, 0.05) is 18.3 Å². The van der Waals surface area contributed by atoms with Gasteiger partial charge in [0.2, 0.25) is 0 Å². The summed E-state index contributed by atoms with van der Waals surface area (Å²) < 4.78 is 5.72. The van der Waals surface area contributed by atoms with Gasteiger partial charge in [-0.1, -0.05) is 50.6 Å². The van der Waals surface area contributed by atoms with Crippen LogP contribution >= 0.6 is 0 Å². The Morgan fingerprint density at radius 3 is 2.34 bits per heavy atom. The Morgan fingerprint density at radius 2 is 1.76 bits per heavy atom. The van der Waals surface area contributed by atoms with Crippen LogP contribution in [-0.2, 0) is 14.4 Å². The first-order chi connectivity index (χ1) is 13.6. The SMILES string of the molecule is CCCO/N=C1\C/C(C)=C/[C@@H](C)C(O)/C(C)=C/C(C)[C@H](CC)OC(=O)[C@H](C)[C@H]1O. The number of aliphatic hydroxyl groups is 2. The Labute approximate surface area is 175 Å². The first-order valence-electron chi connectivity index (χ1n) is 10.7. The molecule has 0 radical (unpaired) electrons. The van der Waals surface area contributed by atoms with Gasteiger partial charge in [0.15, 0.2) is 0 Å². The lowest BCUT2D eigenvalue weighted by atomic mass is 9.89. The molecule has 2 N–H and O–H groups in total. The summed E-state index contributed by atoms with van der Waals surface area (Å²) in [7, 11) is 0. The van der Waals surface area contributed by atoms with Crippen LogP contribution in [-0.4, -0.2) is 46.8 Å². The first-order valence-corrected chi connectivity index (χ1v) is 10.7. The van der Waals surface area contributed by atoms with Crippen LogP contribution < -0.4 is 0 Å². The number of rotatable bonds is 4. The highest BCUT2D eigenvalue weighted by Gasteiger charge is 2.31. The molecule has 0 saturated carbocycles. The maximum atomic E-state index is 12.7. The molecule has 166 valence electrons. The van der Waals surface area contributed by atoms with Crippen LogP contribution in [0.4, 0.5) is 0 Å². The number of oxime groups is 1. The van der Waals surface area contributed by atoms with Crippen molar-refractivity contribution in [3.8, 4) is 0 Å². The standard InChI is InChI=1S/C23H39NO5/c1-8-10-28-24-19-12-14(3)11-16(5)21(25)17(6)13-15(4)20(9-2)29-23(27)18(7)22(19)26/h11,13,15-16,18,20-22,25-26H,8-10,12H2,1-7H3/b14-11+,17-13+,24-19+/t15?,16-,18-,20+,21?,22-/m1/s1. The van der Waals surface area contributed by atoms with Gasteiger partial charge in [0.1, 0.15) is 18.8 Å². The van der Waals surface area contributed by atoms with Crippen molar-refractivity contribution in [1.82, 2.24) is 0 Å². The van der Waals surface area contributed by atoms with E-state index >= 15 is 0 Å². The lowest BCUT2D eigenvalue weighted by Gasteiger charge is -2.27. The normalized spacial score (nSPS) is 37.7. The lowest BCUT2D eigenvalue weighted by molar-refractivity contribution is -0.157. The summed E-state index contributed by atoms with van der Waals surface area (Å²) in [6, 6.07) is 0. The molecule has 29 heavy (non-hydrogen) atoms. The fourth-order valence-corrected chi connectivity index (χ4v) is 3.57. The van der Waals surface area contributed by atoms with Crippen LogP contribution in [0.5, 0.6) is 0 Å². The molecule has 1 aliphatic heterocycles. The molecule has 0 spiro atoms. The minimum atomic E-state index is -1.10. The van der Waals surface area contributed by atoms with Gasteiger partial charge in [0.25, 0.3) is 0 Å². The summed E-state index contributed by atoms with van der Waals surface area (Å²) in [6.45, 7) is 13.8. The number of allylic oxidation sites excluding steroid dienone is 1. The molecule has 6 atom stereocenters. The van der Waals surface area contributed by atoms with Crippen molar-refractivity contribution in [3.05, 3.63) is 23.3 Å². The Balaban J connectivity index is 3.33. The van der Waals surface area contributed by atoms with Crippen LogP contribution in [0.15, 0.2) is 28.5 Å². The number of aliphatic hydroxyl groups excluding tert-OH is 2. The molecule has 0 aliphatic carbocycles. The maximum absolute atomic E-state index is 12.7. The van der Waals surface area contributed by atoms with Gasteiger partial charge >= 0.3 is 5.97 Å². The molecule has 0 aromatic heterocycles. The molecule has 2 unspecified atom stereocenters. The van der Waals surface area contributed by atoms with Crippen molar-refractivity contribution in [3.63, 3.8) is 0 Å². The van der Waals surface area contributed by atoms with Gasteiger partial charge in [-0.05, 0) is 39.2 Å². The Morgan fingerprint density at radius 1 is 1.10 bits per heavy atom. The van der Waals surface area contributed by atoms with Crippen LogP contribution in [0.2, 0.25) is 0 Å². The minimum Gasteiger partial charge on any atom is -0.461 e. The summed E-state index contributed by atoms with van der Waals surface area (Å²) >= 11 is 0. The van der Waals surface area contributed by atoms with Gasteiger partial charge in [-0.15, -0.1) is 0 Å². The van der Waals surface area contributed by atoms with Crippen LogP contribution in [0.3, 0.4) is 0 Å². The van der Waals surface area contributed by atoms with E-state index in [1.807, 2.05) is 53.7 Å². The van der Waals surface area contributed by atoms with E-state index in [1.165, 1.54) is 0 Å². The third kappa shape index (κ3) is 7.59. The van der Waals surface area contributed by atoms with E-state index in [4.69, 9.17) is 9.57 Å². The van der Waals surface area contributed by atoms with E-state index < -0.39 is 24.1 Å². The third-order valence-electron chi connectivity index (χ3n) is 5.42. The zero-order valence-electron chi connectivity index (χ0n) is 19.0. The van der Waals surface area contributed by atoms with Gasteiger partial charge in [-0.3, -0.25) is 4.79 Å². The molecular weight excluding hydrogens is 370 g/mol. The second kappa shape index (κ2) is 12.1. The zero-order chi connectivity index (χ0) is 22.1. The monoisotopic (exact) mass is 409 g/mol. The van der Waals surface area contributed by atoms with Crippen molar-refractivity contribution in [2.45, 2.75) is 86.0 Å². The molecule has 6 nitrogen and oxygen atoms in total. The first kappa shape index (κ1) is 25.4. The number of hydrogen-bond donors (Lipinski definition) is 2. The molecular formula is C23H39NO5. The van der Waals surface area contributed by atoms with E-state index in [0.29, 0.717) is 25.2 Å². The Hall–Kier alpha value is -1.66.